The zero-order chi connectivity index (χ0) is 14.7. The van der Waals surface area contributed by atoms with Gasteiger partial charge in [0.05, 0.1) is 5.69 Å². The first-order chi connectivity index (χ1) is 9.58. The monoisotopic (exact) mass is 290 g/mol. The van der Waals surface area contributed by atoms with Gasteiger partial charge in [-0.1, -0.05) is 36.5 Å². The number of anilines is 2. The molecule has 1 heterocycles. The Hall–Kier alpha value is -1.88. The summed E-state index contributed by atoms with van der Waals surface area (Å²) in [7, 11) is 0. The van der Waals surface area contributed by atoms with Crippen molar-refractivity contribution in [3.63, 3.8) is 0 Å². The number of rotatable bonds is 5. The molecular formula is C15H18N2O2S. The maximum atomic E-state index is 11.3. The van der Waals surface area contributed by atoms with Crippen molar-refractivity contribution >= 4 is 28.1 Å². The lowest BCUT2D eigenvalue weighted by Crippen LogP contribution is -2.16. The smallest absolute Gasteiger partial charge is 0.347 e. The summed E-state index contributed by atoms with van der Waals surface area (Å²) in [6.45, 7) is 6.76. The molecule has 0 unspecified atom stereocenters. The van der Waals surface area contributed by atoms with Crippen LogP contribution in [0.1, 0.15) is 34.8 Å². The fourth-order valence-electron chi connectivity index (χ4n) is 2.14. The van der Waals surface area contributed by atoms with E-state index in [0.29, 0.717) is 17.0 Å². The number of aromatic carboxylic acids is 1. The molecule has 5 heteroatoms. The van der Waals surface area contributed by atoms with Crippen LogP contribution in [0.3, 0.4) is 0 Å². The summed E-state index contributed by atoms with van der Waals surface area (Å²) in [5, 5.41) is 9.99. The molecule has 2 rings (SSSR count). The van der Waals surface area contributed by atoms with Gasteiger partial charge in [0.2, 0.25) is 0 Å². The topological polar surface area (TPSA) is 53.4 Å². The van der Waals surface area contributed by atoms with E-state index in [4.69, 9.17) is 0 Å². The van der Waals surface area contributed by atoms with Crippen molar-refractivity contribution in [2.45, 2.75) is 27.2 Å². The minimum atomic E-state index is -0.897. The first kappa shape index (κ1) is 14.5. The van der Waals surface area contributed by atoms with Crippen LogP contribution in [-0.4, -0.2) is 22.6 Å². The van der Waals surface area contributed by atoms with Crippen LogP contribution in [0.2, 0.25) is 0 Å². The normalized spacial score (nSPS) is 10.6. The number of nitrogens with zero attached hydrogens (tertiary/aromatic N) is 2. The van der Waals surface area contributed by atoms with Crippen molar-refractivity contribution in [2.75, 3.05) is 11.4 Å². The van der Waals surface area contributed by atoms with E-state index in [1.165, 1.54) is 11.3 Å². The number of hydrogen-bond acceptors (Lipinski definition) is 4. The highest BCUT2D eigenvalue weighted by atomic mass is 32.1. The van der Waals surface area contributed by atoms with Gasteiger partial charge in [0.25, 0.3) is 0 Å². The summed E-state index contributed by atoms with van der Waals surface area (Å²) in [5.74, 6) is -0.897. The van der Waals surface area contributed by atoms with Gasteiger partial charge in [0, 0.05) is 12.2 Å². The Labute approximate surface area is 122 Å². The van der Waals surface area contributed by atoms with E-state index in [2.05, 4.69) is 9.88 Å². The Morgan fingerprint density at radius 3 is 2.55 bits per heavy atom. The quantitative estimate of drug-likeness (QED) is 0.908. The van der Waals surface area contributed by atoms with Crippen molar-refractivity contribution in [3.8, 4) is 0 Å². The molecule has 0 aliphatic carbocycles. The third-order valence-corrected chi connectivity index (χ3v) is 4.28. The molecule has 0 amide bonds. The van der Waals surface area contributed by atoms with Crippen molar-refractivity contribution in [3.05, 3.63) is 40.4 Å². The lowest BCUT2D eigenvalue weighted by molar-refractivity contribution is 0.0701. The Bertz CT molecular complexity index is 622. The number of thiazole rings is 1. The SMILES string of the molecule is CCc1nc(N(CC)c2ccccc2C)sc1C(=O)O. The minimum absolute atomic E-state index is 0.342. The molecule has 4 nitrogen and oxygen atoms in total. The molecule has 0 fully saturated rings. The molecule has 106 valence electrons. The van der Waals surface area contributed by atoms with E-state index in [9.17, 15) is 9.90 Å². The Balaban J connectivity index is 2.48. The van der Waals surface area contributed by atoms with Crippen LogP contribution < -0.4 is 4.90 Å². The average molecular weight is 290 g/mol. The Morgan fingerprint density at radius 1 is 1.35 bits per heavy atom. The van der Waals surface area contributed by atoms with Gasteiger partial charge in [-0.05, 0) is 31.9 Å². The van der Waals surface area contributed by atoms with Gasteiger partial charge in [-0.3, -0.25) is 0 Å². The molecule has 0 bridgehead atoms. The average Bonchev–Trinajstić information content (AvgIpc) is 2.86. The minimum Gasteiger partial charge on any atom is -0.477 e. The molecule has 1 aromatic heterocycles. The second-order valence-corrected chi connectivity index (χ2v) is 5.44. The van der Waals surface area contributed by atoms with Crippen LogP contribution in [0.5, 0.6) is 0 Å². The van der Waals surface area contributed by atoms with Crippen LogP contribution in [0.25, 0.3) is 0 Å². The number of carboxylic acids is 1. The van der Waals surface area contributed by atoms with Crippen LogP contribution in [0, 0.1) is 6.92 Å². The number of para-hydroxylation sites is 1. The summed E-state index contributed by atoms with van der Waals surface area (Å²) in [5.41, 5.74) is 2.88. The maximum absolute atomic E-state index is 11.3. The molecular weight excluding hydrogens is 272 g/mol. The van der Waals surface area contributed by atoms with Gasteiger partial charge in [0.15, 0.2) is 5.13 Å². The number of carboxylic acid groups (broad SMARTS) is 1. The number of aromatic nitrogens is 1. The van der Waals surface area contributed by atoms with Gasteiger partial charge in [-0.2, -0.15) is 0 Å². The molecule has 20 heavy (non-hydrogen) atoms. The van der Waals surface area contributed by atoms with E-state index >= 15 is 0 Å². The molecule has 1 aromatic carbocycles. The van der Waals surface area contributed by atoms with Gasteiger partial charge in [-0.25, -0.2) is 9.78 Å². The maximum Gasteiger partial charge on any atom is 0.347 e. The third kappa shape index (κ3) is 2.67. The summed E-state index contributed by atoms with van der Waals surface area (Å²) in [6.07, 6.45) is 0.628. The summed E-state index contributed by atoms with van der Waals surface area (Å²) in [4.78, 5) is 18.2. The predicted octanol–water partition coefficient (Wildman–Crippen LogP) is 3.87. The highest BCUT2D eigenvalue weighted by Crippen LogP contribution is 2.33. The lowest BCUT2D eigenvalue weighted by Gasteiger charge is -2.21. The summed E-state index contributed by atoms with van der Waals surface area (Å²) in [6, 6.07) is 8.06. The second kappa shape index (κ2) is 6.05. The van der Waals surface area contributed by atoms with E-state index < -0.39 is 5.97 Å². The van der Waals surface area contributed by atoms with Crippen molar-refractivity contribution in [1.29, 1.82) is 0 Å². The Morgan fingerprint density at radius 2 is 2.05 bits per heavy atom. The number of aryl methyl sites for hydroxylation is 2. The number of benzene rings is 1. The fraction of sp³-hybridized carbons (Fsp3) is 0.333. The van der Waals surface area contributed by atoms with Gasteiger partial charge >= 0.3 is 5.97 Å². The zero-order valence-corrected chi connectivity index (χ0v) is 12.7. The van der Waals surface area contributed by atoms with Gasteiger partial charge in [-0.15, -0.1) is 0 Å². The van der Waals surface area contributed by atoms with Crippen molar-refractivity contribution < 1.29 is 9.90 Å². The largest absolute Gasteiger partial charge is 0.477 e. The van der Waals surface area contributed by atoms with Crippen molar-refractivity contribution in [2.24, 2.45) is 0 Å². The van der Waals surface area contributed by atoms with E-state index in [1.54, 1.807) is 0 Å². The first-order valence-electron chi connectivity index (χ1n) is 6.64. The highest BCUT2D eigenvalue weighted by molar-refractivity contribution is 7.17. The van der Waals surface area contributed by atoms with Crippen LogP contribution >= 0.6 is 11.3 Å². The number of carbonyl (C=O) groups is 1. The third-order valence-electron chi connectivity index (χ3n) is 3.17. The Kier molecular flexibility index (Phi) is 4.39. The summed E-state index contributed by atoms with van der Waals surface area (Å²) < 4.78 is 0. The highest BCUT2D eigenvalue weighted by Gasteiger charge is 2.20. The predicted molar refractivity (Wildman–Crippen MR) is 82.3 cm³/mol. The molecule has 2 aromatic rings. The zero-order valence-electron chi connectivity index (χ0n) is 11.9. The van der Waals surface area contributed by atoms with E-state index in [-0.39, 0.29) is 0 Å². The van der Waals surface area contributed by atoms with Crippen LogP contribution in [0.4, 0.5) is 10.8 Å². The van der Waals surface area contributed by atoms with E-state index in [1.807, 2.05) is 45.0 Å². The van der Waals surface area contributed by atoms with Gasteiger partial charge < -0.3 is 10.0 Å². The van der Waals surface area contributed by atoms with Crippen molar-refractivity contribution in [1.82, 2.24) is 4.98 Å². The molecule has 0 spiro atoms. The molecule has 1 N–H and O–H groups in total. The number of hydrogen-bond donors (Lipinski definition) is 1. The molecule has 0 aliphatic heterocycles. The first-order valence-corrected chi connectivity index (χ1v) is 7.46. The van der Waals surface area contributed by atoms with Crippen LogP contribution in [0.15, 0.2) is 24.3 Å². The van der Waals surface area contributed by atoms with Crippen LogP contribution in [-0.2, 0) is 6.42 Å². The van der Waals surface area contributed by atoms with E-state index in [0.717, 1.165) is 22.9 Å². The molecule has 0 saturated carbocycles. The second-order valence-electron chi connectivity index (χ2n) is 4.46. The standard InChI is InChI=1S/C15H18N2O2S/c1-4-11-13(14(18)19)20-15(16-11)17(5-2)12-9-7-6-8-10(12)3/h6-9H,4-5H2,1-3H3,(H,18,19). The molecule has 0 saturated heterocycles. The lowest BCUT2D eigenvalue weighted by atomic mass is 10.2. The fourth-order valence-corrected chi connectivity index (χ4v) is 3.21. The molecule has 0 atom stereocenters. The molecule has 0 radical (unpaired) electrons. The summed E-state index contributed by atoms with van der Waals surface area (Å²) >= 11 is 1.24. The molecule has 0 aliphatic rings. The van der Waals surface area contributed by atoms with Gasteiger partial charge in [0.1, 0.15) is 4.88 Å².